The Balaban J connectivity index is 2.89. The van der Waals surface area contributed by atoms with Gasteiger partial charge in [-0.2, -0.15) is 4.74 Å². The van der Waals surface area contributed by atoms with Gasteiger partial charge in [-0.25, -0.2) is 4.79 Å². The molecular weight excluding hydrogens is 321 g/mol. The summed E-state index contributed by atoms with van der Waals surface area (Å²) in [4.78, 5) is 10.9. The average Bonchev–Trinajstić information content (AvgIpc) is 2.27. The second kappa shape index (κ2) is 5.83. The summed E-state index contributed by atoms with van der Waals surface area (Å²) in [5.74, 6) is -0.646. The molecule has 1 aromatic rings. The number of halogens is 1. The predicted octanol–water partition coefficient (Wildman–Crippen LogP) is 2.11. The molecule has 1 atom stereocenters. The summed E-state index contributed by atoms with van der Waals surface area (Å²) in [5.41, 5.74) is 0.863. The van der Waals surface area contributed by atoms with Gasteiger partial charge in [0.2, 0.25) is 0 Å². The molecule has 0 aliphatic rings. The first-order valence-electron chi connectivity index (χ1n) is 4.68. The van der Waals surface area contributed by atoms with Crippen LogP contribution in [0.5, 0.6) is 0 Å². The largest absolute Gasteiger partial charge is 0.623 e. The average molecular weight is 333 g/mol. The van der Waals surface area contributed by atoms with Crippen molar-refractivity contribution >= 4 is 34.8 Å². The van der Waals surface area contributed by atoms with E-state index in [4.69, 9.17) is 0 Å². The Morgan fingerprint density at radius 1 is 1.62 bits per heavy atom. The lowest BCUT2D eigenvalue weighted by Gasteiger charge is -2.12. The van der Waals surface area contributed by atoms with Crippen LogP contribution >= 0.6 is 22.6 Å². The van der Waals surface area contributed by atoms with Crippen LogP contribution in [-0.4, -0.2) is 24.0 Å². The van der Waals surface area contributed by atoms with E-state index >= 15 is 0 Å². The molecule has 0 amide bonds. The summed E-state index contributed by atoms with van der Waals surface area (Å²) < 4.78 is 6.04. The number of ether oxygens (including phenoxy) is 1. The summed E-state index contributed by atoms with van der Waals surface area (Å²) >= 11 is 2.17. The van der Waals surface area contributed by atoms with Crippen molar-refractivity contribution in [3.63, 3.8) is 0 Å². The minimum atomic E-state index is -0.646. The van der Waals surface area contributed by atoms with Gasteiger partial charge >= 0.3 is 5.97 Å². The summed E-state index contributed by atoms with van der Waals surface area (Å²) in [7, 11) is 1.24. The molecule has 0 bridgehead atoms. The van der Waals surface area contributed by atoms with Crippen molar-refractivity contribution in [1.29, 1.82) is 0 Å². The third-order valence-corrected chi connectivity index (χ3v) is 2.82. The molecule has 4 nitrogen and oxygen atoms in total. The summed E-state index contributed by atoms with van der Waals surface area (Å²) in [6, 6.07) is 7.16. The highest BCUT2D eigenvalue weighted by atomic mass is 127. The Hall–Kier alpha value is -1.11. The van der Waals surface area contributed by atoms with Crippen LogP contribution in [-0.2, 0) is 9.53 Å². The van der Waals surface area contributed by atoms with Gasteiger partial charge in [0, 0.05) is 16.1 Å². The first kappa shape index (κ1) is 13.0. The SMILES string of the molecule is COC(=O)C=[N+]([O-])C(C)c1cccc(I)c1. The van der Waals surface area contributed by atoms with Crippen LogP contribution < -0.4 is 0 Å². The number of benzene rings is 1. The lowest BCUT2D eigenvalue weighted by atomic mass is 10.1. The van der Waals surface area contributed by atoms with Gasteiger partial charge in [-0.15, -0.1) is 0 Å². The van der Waals surface area contributed by atoms with Crippen LogP contribution in [0.3, 0.4) is 0 Å². The molecule has 0 saturated carbocycles. The Bertz CT molecular complexity index is 417. The molecule has 0 fully saturated rings. The van der Waals surface area contributed by atoms with Crippen molar-refractivity contribution in [2.45, 2.75) is 13.0 Å². The van der Waals surface area contributed by atoms with E-state index in [1.807, 2.05) is 24.3 Å². The number of carbonyl (C=O) groups excluding carboxylic acids is 1. The zero-order chi connectivity index (χ0) is 12.1. The van der Waals surface area contributed by atoms with E-state index in [-0.39, 0.29) is 0 Å². The molecule has 1 unspecified atom stereocenters. The van der Waals surface area contributed by atoms with Gasteiger partial charge in [0.05, 0.1) is 7.11 Å². The smallest absolute Gasteiger partial charge is 0.396 e. The van der Waals surface area contributed by atoms with Gasteiger partial charge in [-0.1, -0.05) is 12.1 Å². The van der Waals surface area contributed by atoms with E-state index in [2.05, 4.69) is 27.3 Å². The summed E-state index contributed by atoms with van der Waals surface area (Å²) in [6.45, 7) is 1.73. The highest BCUT2D eigenvalue weighted by Gasteiger charge is 2.14. The van der Waals surface area contributed by atoms with E-state index < -0.39 is 12.0 Å². The highest BCUT2D eigenvalue weighted by Crippen LogP contribution is 2.17. The Kier molecular flexibility index (Phi) is 4.72. The molecule has 1 aromatic carbocycles. The number of esters is 1. The van der Waals surface area contributed by atoms with Crippen molar-refractivity contribution in [1.82, 2.24) is 0 Å². The second-order valence-corrected chi connectivity index (χ2v) is 4.49. The van der Waals surface area contributed by atoms with Gasteiger partial charge in [-0.05, 0) is 34.7 Å². The fourth-order valence-electron chi connectivity index (χ4n) is 1.18. The van der Waals surface area contributed by atoms with Gasteiger partial charge in [-0.3, -0.25) is 0 Å². The molecule has 0 N–H and O–H groups in total. The fraction of sp³-hybridized carbons (Fsp3) is 0.273. The second-order valence-electron chi connectivity index (χ2n) is 3.24. The minimum absolute atomic E-state index is 0.409. The zero-order valence-corrected chi connectivity index (χ0v) is 11.2. The summed E-state index contributed by atoms with van der Waals surface area (Å²) in [5, 5.41) is 11.6. The van der Waals surface area contributed by atoms with Crippen LogP contribution in [0.2, 0.25) is 0 Å². The molecule has 0 aromatic heterocycles. The minimum Gasteiger partial charge on any atom is -0.623 e. The van der Waals surface area contributed by atoms with E-state index in [9.17, 15) is 10.0 Å². The molecule has 1 rings (SSSR count). The van der Waals surface area contributed by atoms with Gasteiger partial charge < -0.3 is 9.94 Å². The molecular formula is C11H12INO3. The molecule has 16 heavy (non-hydrogen) atoms. The quantitative estimate of drug-likeness (QED) is 0.213. The van der Waals surface area contributed by atoms with Crippen molar-refractivity contribution in [2.75, 3.05) is 7.11 Å². The lowest BCUT2D eigenvalue weighted by Crippen LogP contribution is -2.17. The summed E-state index contributed by atoms with van der Waals surface area (Å²) in [6.07, 6.45) is 0.907. The molecule has 0 aliphatic heterocycles. The number of nitrogens with zero attached hydrogens (tertiary/aromatic N) is 1. The van der Waals surface area contributed by atoms with E-state index in [1.54, 1.807) is 6.92 Å². The Morgan fingerprint density at radius 2 is 2.31 bits per heavy atom. The molecule has 0 radical (unpaired) electrons. The monoisotopic (exact) mass is 333 g/mol. The third-order valence-electron chi connectivity index (χ3n) is 2.15. The van der Waals surface area contributed by atoms with Crippen LogP contribution in [0, 0.1) is 8.78 Å². The standard InChI is InChI=1S/C11H12INO3/c1-8(13(15)7-11(14)16-2)9-4-3-5-10(12)6-9/h3-8H,1-2H3. The van der Waals surface area contributed by atoms with E-state index in [0.717, 1.165) is 15.3 Å². The predicted molar refractivity (Wildman–Crippen MR) is 69.3 cm³/mol. The van der Waals surface area contributed by atoms with E-state index in [0.29, 0.717) is 4.74 Å². The van der Waals surface area contributed by atoms with Crippen LogP contribution in [0.4, 0.5) is 0 Å². The maximum absolute atomic E-state index is 11.6. The maximum Gasteiger partial charge on any atom is 0.396 e. The number of methoxy groups -OCH3 is 1. The molecule has 0 spiro atoms. The molecule has 0 saturated heterocycles. The number of hydrogen-bond donors (Lipinski definition) is 0. The van der Waals surface area contributed by atoms with Crippen LogP contribution in [0.1, 0.15) is 18.5 Å². The van der Waals surface area contributed by atoms with Gasteiger partial charge in [0.1, 0.15) is 0 Å². The van der Waals surface area contributed by atoms with E-state index in [1.165, 1.54) is 7.11 Å². The molecule has 86 valence electrons. The van der Waals surface area contributed by atoms with Crippen molar-refractivity contribution < 1.29 is 14.3 Å². The molecule has 5 heteroatoms. The highest BCUT2D eigenvalue weighted by molar-refractivity contribution is 14.1. The van der Waals surface area contributed by atoms with Crippen molar-refractivity contribution in [3.05, 3.63) is 38.6 Å². The number of carbonyl (C=O) groups is 1. The normalized spacial score (nSPS) is 13.3. The zero-order valence-electron chi connectivity index (χ0n) is 9.01. The number of hydrogen-bond acceptors (Lipinski definition) is 3. The topological polar surface area (TPSA) is 52.4 Å². The first-order chi connectivity index (χ1) is 7.54. The molecule has 0 aliphatic carbocycles. The first-order valence-corrected chi connectivity index (χ1v) is 5.76. The fourth-order valence-corrected chi connectivity index (χ4v) is 1.75. The Morgan fingerprint density at radius 3 is 2.88 bits per heavy atom. The number of rotatable bonds is 3. The van der Waals surface area contributed by atoms with Crippen molar-refractivity contribution in [3.8, 4) is 0 Å². The van der Waals surface area contributed by atoms with Gasteiger partial charge in [0.25, 0.3) is 6.21 Å². The number of hydroxylamine groups is 1. The van der Waals surface area contributed by atoms with Crippen molar-refractivity contribution in [2.24, 2.45) is 0 Å². The molecule has 0 heterocycles. The van der Waals surface area contributed by atoms with Crippen LogP contribution in [0.25, 0.3) is 0 Å². The third kappa shape index (κ3) is 3.48. The maximum atomic E-state index is 11.6. The Labute approximate surface area is 108 Å². The lowest BCUT2D eigenvalue weighted by molar-refractivity contribution is -0.498. The van der Waals surface area contributed by atoms with Gasteiger partial charge in [0.15, 0.2) is 6.04 Å². The van der Waals surface area contributed by atoms with Crippen LogP contribution in [0.15, 0.2) is 24.3 Å².